The summed E-state index contributed by atoms with van der Waals surface area (Å²) >= 11 is 0. The molecule has 0 atom stereocenters. The number of hydrogen-bond donors (Lipinski definition) is 2. The van der Waals surface area contributed by atoms with Gasteiger partial charge in [0, 0.05) is 13.1 Å². The highest BCUT2D eigenvalue weighted by Gasteiger charge is 2.32. The molecule has 4 aromatic rings. The van der Waals surface area contributed by atoms with Crippen molar-refractivity contribution in [2.75, 3.05) is 39.4 Å². The molecule has 2 aliphatic carbocycles. The highest BCUT2D eigenvalue weighted by Crippen LogP contribution is 2.40. The number of rotatable bonds is 10. The average Bonchev–Trinajstić information content (AvgIpc) is 3.30. The summed E-state index contributed by atoms with van der Waals surface area (Å²) in [4.78, 5) is 28.6. The first-order chi connectivity index (χ1) is 32.0. The van der Waals surface area contributed by atoms with Crippen LogP contribution in [0.4, 0.5) is 0 Å². The molecule has 4 aromatic carbocycles. The fourth-order valence-electron chi connectivity index (χ4n) is 10.7. The van der Waals surface area contributed by atoms with E-state index < -0.39 is 0 Å². The van der Waals surface area contributed by atoms with Crippen molar-refractivity contribution in [1.29, 1.82) is 0 Å². The molecule has 0 unspecified atom stereocenters. The van der Waals surface area contributed by atoms with E-state index in [1.54, 1.807) is 12.1 Å². The van der Waals surface area contributed by atoms with Crippen molar-refractivity contribution in [2.24, 2.45) is 34.5 Å². The Balaban J connectivity index is 0.000000188. The van der Waals surface area contributed by atoms with Gasteiger partial charge >= 0.3 is 11.9 Å². The van der Waals surface area contributed by atoms with Crippen LogP contribution in [0, 0.1) is 34.5 Å². The smallest absolute Gasteiger partial charge is 0.309 e. The quantitative estimate of drug-likeness (QED) is 0.150. The molecule has 9 nitrogen and oxygen atoms in total. The number of benzene rings is 4. The number of fused-ring (bicyclic) bond motifs is 2. The summed E-state index contributed by atoms with van der Waals surface area (Å²) in [5.74, 6) is 2.99. The monoisotopic (exact) mass is 921 g/mol. The molecule has 2 heterocycles. The molecule has 4 aliphatic rings. The van der Waals surface area contributed by atoms with Crippen LogP contribution in [-0.4, -0.2) is 83.6 Å². The average molecular weight is 921 g/mol. The lowest BCUT2D eigenvalue weighted by atomic mass is 9.72. The second-order valence-electron chi connectivity index (χ2n) is 22.1. The minimum Gasteiger partial charge on any atom is -0.508 e. The van der Waals surface area contributed by atoms with Gasteiger partial charge in [0.15, 0.2) is 0 Å². The highest BCUT2D eigenvalue weighted by atomic mass is 16.5. The molecule has 2 saturated carbocycles. The van der Waals surface area contributed by atoms with Crippen LogP contribution in [0.15, 0.2) is 72.8 Å². The summed E-state index contributed by atoms with van der Waals surface area (Å²) in [6, 6.07) is 25.1. The van der Waals surface area contributed by atoms with Crippen LogP contribution < -0.4 is 4.74 Å². The van der Waals surface area contributed by atoms with Gasteiger partial charge in [-0.05, 0) is 209 Å². The lowest BCUT2D eigenvalue weighted by Gasteiger charge is -2.37. The molecule has 2 saturated heterocycles. The molecule has 67 heavy (non-hydrogen) atoms. The second kappa shape index (κ2) is 24.4. The van der Waals surface area contributed by atoms with Gasteiger partial charge in [0.1, 0.15) is 11.5 Å². The number of piperidine rings is 2. The Morgan fingerprint density at radius 3 is 1.39 bits per heavy atom. The maximum Gasteiger partial charge on any atom is 0.309 e. The van der Waals surface area contributed by atoms with Crippen LogP contribution in [-0.2, 0) is 32.2 Å². The molecule has 0 amide bonds. The molecular formula is C58H84N2O7. The van der Waals surface area contributed by atoms with E-state index in [9.17, 15) is 19.8 Å². The molecule has 0 radical (unpaired) electrons. The number of carbonyl (C=O) groups is 2. The number of phenolic OH excluding ortho intramolecular Hbond substituents is 1. The maximum atomic E-state index is 12.0. The van der Waals surface area contributed by atoms with Crippen LogP contribution in [0.3, 0.4) is 0 Å². The zero-order chi connectivity index (χ0) is 48.1. The number of hydrogen-bond acceptors (Lipinski definition) is 9. The predicted octanol–water partition coefficient (Wildman–Crippen LogP) is 12.5. The van der Waals surface area contributed by atoms with E-state index in [1.165, 1.54) is 47.6 Å². The van der Waals surface area contributed by atoms with Gasteiger partial charge in [0.05, 0.1) is 37.3 Å². The molecule has 368 valence electrons. The van der Waals surface area contributed by atoms with Gasteiger partial charge in [0.2, 0.25) is 0 Å². The zero-order valence-electron chi connectivity index (χ0n) is 42.4. The Hall–Kier alpha value is -4.18. The number of phenols is 1. The van der Waals surface area contributed by atoms with Crippen molar-refractivity contribution in [3.63, 3.8) is 0 Å². The number of carbonyl (C=O) groups excluding carboxylic acids is 2. The molecule has 2 aliphatic heterocycles. The SMILES string of the molecule is CC(C)(C)C1CCC(O)CC1.CCOC(=O)C1CCN(Cc2ccc3cc(O)ccc3c2)CC1.CCOC(=O)C1CCN(Cc2ccc3cc(OC4CCC(C(C)(C)C)CC4)ccc3c2)CC1. The van der Waals surface area contributed by atoms with E-state index in [0.717, 1.165) is 119 Å². The first-order valence-corrected chi connectivity index (χ1v) is 25.8. The molecular weight excluding hydrogens is 837 g/mol. The van der Waals surface area contributed by atoms with Crippen molar-refractivity contribution in [1.82, 2.24) is 9.80 Å². The summed E-state index contributed by atoms with van der Waals surface area (Å²) in [7, 11) is 0. The fourth-order valence-corrected chi connectivity index (χ4v) is 10.7. The Bertz CT molecular complexity index is 2160. The van der Waals surface area contributed by atoms with E-state index in [2.05, 4.69) is 106 Å². The minimum atomic E-state index is -0.0438. The normalized spacial score (nSPS) is 22.5. The van der Waals surface area contributed by atoms with Gasteiger partial charge in [-0.1, -0.05) is 77.9 Å². The first kappa shape index (κ1) is 52.2. The van der Waals surface area contributed by atoms with E-state index in [-0.39, 0.29) is 29.9 Å². The third kappa shape index (κ3) is 15.9. The lowest BCUT2D eigenvalue weighted by molar-refractivity contribution is -0.150. The van der Waals surface area contributed by atoms with Gasteiger partial charge in [-0.15, -0.1) is 0 Å². The lowest BCUT2D eigenvalue weighted by Crippen LogP contribution is -2.36. The molecule has 2 N–H and O–H groups in total. The number of aliphatic hydroxyl groups is 1. The van der Waals surface area contributed by atoms with E-state index in [0.29, 0.717) is 35.9 Å². The summed E-state index contributed by atoms with van der Waals surface area (Å²) in [5.41, 5.74) is 3.44. The number of esters is 2. The van der Waals surface area contributed by atoms with Crippen LogP contribution in [0.2, 0.25) is 0 Å². The molecule has 4 fully saturated rings. The largest absolute Gasteiger partial charge is 0.508 e. The Morgan fingerprint density at radius 2 is 0.940 bits per heavy atom. The Kier molecular flexibility index (Phi) is 19.0. The Labute approximate surface area is 402 Å². The van der Waals surface area contributed by atoms with Gasteiger partial charge in [-0.3, -0.25) is 19.4 Å². The zero-order valence-corrected chi connectivity index (χ0v) is 42.4. The topological polar surface area (TPSA) is 109 Å². The maximum absolute atomic E-state index is 12.0. The summed E-state index contributed by atoms with van der Waals surface area (Å²) in [6.07, 6.45) is 13.2. The summed E-state index contributed by atoms with van der Waals surface area (Å²) in [5, 5.41) is 23.5. The minimum absolute atomic E-state index is 0.00593. The molecule has 0 spiro atoms. The van der Waals surface area contributed by atoms with E-state index in [1.807, 2.05) is 19.9 Å². The number of likely N-dealkylation sites (tertiary alicyclic amines) is 2. The van der Waals surface area contributed by atoms with Gasteiger partial charge < -0.3 is 24.4 Å². The number of aromatic hydroxyl groups is 1. The summed E-state index contributed by atoms with van der Waals surface area (Å²) in [6.45, 7) is 24.2. The summed E-state index contributed by atoms with van der Waals surface area (Å²) < 4.78 is 16.7. The third-order valence-corrected chi connectivity index (χ3v) is 15.1. The highest BCUT2D eigenvalue weighted by molar-refractivity contribution is 5.85. The van der Waals surface area contributed by atoms with Crippen molar-refractivity contribution in [3.8, 4) is 11.5 Å². The van der Waals surface area contributed by atoms with Crippen molar-refractivity contribution in [2.45, 2.75) is 158 Å². The number of nitrogens with zero attached hydrogens (tertiary/aromatic N) is 2. The van der Waals surface area contributed by atoms with Gasteiger partial charge in [0.25, 0.3) is 0 Å². The van der Waals surface area contributed by atoms with E-state index >= 15 is 0 Å². The van der Waals surface area contributed by atoms with Crippen LogP contribution in [0.25, 0.3) is 21.5 Å². The van der Waals surface area contributed by atoms with E-state index in [4.69, 9.17) is 14.2 Å². The van der Waals surface area contributed by atoms with Crippen molar-refractivity contribution < 1.29 is 34.0 Å². The van der Waals surface area contributed by atoms with Crippen LogP contribution in [0.5, 0.6) is 11.5 Å². The molecule has 8 rings (SSSR count). The van der Waals surface area contributed by atoms with Crippen LogP contribution >= 0.6 is 0 Å². The number of ether oxygens (including phenoxy) is 3. The molecule has 9 heteroatoms. The van der Waals surface area contributed by atoms with Crippen molar-refractivity contribution >= 4 is 33.5 Å². The van der Waals surface area contributed by atoms with Crippen molar-refractivity contribution in [3.05, 3.63) is 83.9 Å². The third-order valence-electron chi connectivity index (χ3n) is 15.1. The van der Waals surface area contributed by atoms with Gasteiger partial charge in [-0.25, -0.2) is 0 Å². The Morgan fingerprint density at radius 1 is 0.537 bits per heavy atom. The predicted molar refractivity (Wildman–Crippen MR) is 272 cm³/mol. The second-order valence-corrected chi connectivity index (χ2v) is 22.1. The first-order valence-electron chi connectivity index (χ1n) is 25.8. The standard InChI is InChI=1S/C29H41NO3.C19H23NO3.C10H20O/c1-5-32-28(31)22-14-16-30(17-15-22)20-21-6-7-24-19-27(11-8-23(24)18-21)33-26-12-9-25(10-13-26)29(2,3)4;1-2-23-19(22)15-7-9-20(10-8-15)13-14-3-4-17-12-18(21)6-5-16(17)11-14;1-10(2,3)8-4-6-9(11)7-5-8/h6-8,11,18-19,22,25-26H,5,9-10,12-17,20H2,1-4H3;3-6,11-12,15,21H,2,7-10,13H2,1H3;8-9,11H,4-7H2,1-3H3. The molecule has 0 aromatic heterocycles. The van der Waals surface area contributed by atoms with Crippen LogP contribution in [0.1, 0.15) is 144 Å². The molecule has 0 bridgehead atoms. The van der Waals surface area contributed by atoms with Gasteiger partial charge in [-0.2, -0.15) is 0 Å². The number of aliphatic hydroxyl groups excluding tert-OH is 1. The fraction of sp³-hybridized carbons (Fsp3) is 0.621.